The topological polar surface area (TPSA) is 56.3 Å². The number of nitriles is 1. The molecule has 0 amide bonds. The lowest BCUT2D eigenvalue weighted by Crippen LogP contribution is -2.57. The summed E-state index contributed by atoms with van der Waals surface area (Å²) in [5.41, 5.74) is 5.73. The van der Waals surface area contributed by atoms with Crippen LogP contribution >= 0.6 is 0 Å². The first-order valence-electron chi connectivity index (χ1n) is 7.75. The first kappa shape index (κ1) is 13.4. The van der Waals surface area contributed by atoms with Gasteiger partial charge in [-0.25, -0.2) is 0 Å². The van der Waals surface area contributed by atoms with Gasteiger partial charge in [0.2, 0.25) is 0 Å². The number of hydrogen-bond acceptors (Lipinski definition) is 4. The van der Waals surface area contributed by atoms with Crippen LogP contribution in [0, 0.1) is 23.2 Å². The minimum absolute atomic E-state index is 0.448. The molecule has 0 aromatic rings. The summed E-state index contributed by atoms with van der Waals surface area (Å²) in [5, 5.41) is 9.39. The third-order valence-electron chi connectivity index (χ3n) is 5.43. The van der Waals surface area contributed by atoms with Crippen molar-refractivity contribution in [1.82, 2.24) is 9.80 Å². The van der Waals surface area contributed by atoms with Gasteiger partial charge < -0.3 is 15.5 Å². The van der Waals surface area contributed by atoms with E-state index in [0.717, 1.165) is 44.4 Å². The van der Waals surface area contributed by atoms with Gasteiger partial charge in [0, 0.05) is 19.1 Å². The highest BCUT2D eigenvalue weighted by Crippen LogP contribution is 2.39. The molecule has 0 spiro atoms. The zero-order valence-electron chi connectivity index (χ0n) is 12.0. The van der Waals surface area contributed by atoms with Crippen molar-refractivity contribution in [2.24, 2.45) is 17.6 Å². The maximum Gasteiger partial charge on any atom is 0.119 e. The minimum Gasteiger partial charge on any atom is -0.312 e. The van der Waals surface area contributed by atoms with E-state index >= 15 is 0 Å². The lowest BCUT2D eigenvalue weighted by molar-refractivity contribution is 0.0318. The Morgan fingerprint density at radius 2 is 2.05 bits per heavy atom. The standard InChI is InChI=1S/C15H26N4/c1-18-7-2-3-12-9-19(8-6-14(12)18)11-15(17,10-16)13-4-5-13/h12-14H,2-9,11,17H2,1H3. The molecule has 2 heterocycles. The summed E-state index contributed by atoms with van der Waals surface area (Å²) in [5.74, 6) is 1.24. The average Bonchev–Trinajstić information content (AvgIpc) is 3.23. The molecule has 3 fully saturated rings. The number of hydrogen-bond donors (Lipinski definition) is 1. The van der Waals surface area contributed by atoms with Gasteiger partial charge in [-0.05, 0) is 64.1 Å². The highest BCUT2D eigenvalue weighted by Gasteiger charge is 2.45. The van der Waals surface area contributed by atoms with Gasteiger partial charge in [0.25, 0.3) is 0 Å². The molecule has 4 heteroatoms. The second kappa shape index (κ2) is 5.05. The first-order chi connectivity index (χ1) is 9.12. The molecule has 3 rings (SSSR count). The van der Waals surface area contributed by atoms with Gasteiger partial charge >= 0.3 is 0 Å². The average molecular weight is 262 g/mol. The van der Waals surface area contributed by atoms with E-state index in [2.05, 4.69) is 22.9 Å². The van der Waals surface area contributed by atoms with Crippen LogP contribution in [0.5, 0.6) is 0 Å². The van der Waals surface area contributed by atoms with E-state index in [1.807, 2.05) is 0 Å². The molecule has 2 aliphatic heterocycles. The van der Waals surface area contributed by atoms with Crippen LogP contribution in [-0.2, 0) is 0 Å². The van der Waals surface area contributed by atoms with E-state index in [1.54, 1.807) is 0 Å². The van der Waals surface area contributed by atoms with Crippen molar-refractivity contribution in [3.8, 4) is 6.07 Å². The highest BCUT2D eigenvalue weighted by atomic mass is 15.2. The number of fused-ring (bicyclic) bond motifs is 1. The van der Waals surface area contributed by atoms with Crippen molar-refractivity contribution in [2.45, 2.75) is 43.7 Å². The van der Waals surface area contributed by atoms with Crippen LogP contribution in [-0.4, -0.2) is 54.6 Å². The molecule has 4 nitrogen and oxygen atoms in total. The maximum atomic E-state index is 9.39. The zero-order chi connectivity index (χ0) is 13.5. The summed E-state index contributed by atoms with van der Waals surface area (Å²) >= 11 is 0. The second-order valence-corrected chi connectivity index (χ2v) is 6.90. The summed E-state index contributed by atoms with van der Waals surface area (Å²) in [7, 11) is 2.26. The van der Waals surface area contributed by atoms with Crippen molar-refractivity contribution in [1.29, 1.82) is 5.26 Å². The monoisotopic (exact) mass is 262 g/mol. The van der Waals surface area contributed by atoms with Gasteiger partial charge in [-0.15, -0.1) is 0 Å². The fourth-order valence-corrected chi connectivity index (χ4v) is 4.10. The zero-order valence-corrected chi connectivity index (χ0v) is 12.0. The van der Waals surface area contributed by atoms with Crippen molar-refractivity contribution < 1.29 is 0 Å². The van der Waals surface area contributed by atoms with E-state index in [-0.39, 0.29) is 0 Å². The molecule has 3 aliphatic rings. The largest absolute Gasteiger partial charge is 0.312 e. The molecule has 2 N–H and O–H groups in total. The molecule has 1 aliphatic carbocycles. The maximum absolute atomic E-state index is 9.39. The Morgan fingerprint density at radius 1 is 1.26 bits per heavy atom. The molecule has 2 saturated heterocycles. The Morgan fingerprint density at radius 3 is 2.74 bits per heavy atom. The summed E-state index contributed by atoms with van der Waals surface area (Å²) in [4.78, 5) is 4.99. The fourth-order valence-electron chi connectivity index (χ4n) is 4.10. The molecule has 0 bridgehead atoms. The normalized spacial score (nSPS) is 36.3. The number of rotatable bonds is 3. The van der Waals surface area contributed by atoms with E-state index in [4.69, 9.17) is 5.73 Å². The molecule has 3 unspecified atom stereocenters. The molecular weight excluding hydrogens is 236 g/mol. The van der Waals surface area contributed by atoms with Crippen molar-refractivity contribution in [3.05, 3.63) is 0 Å². The smallest absolute Gasteiger partial charge is 0.119 e. The Bertz CT molecular complexity index is 373. The fraction of sp³-hybridized carbons (Fsp3) is 0.933. The molecule has 1 saturated carbocycles. The third-order valence-corrected chi connectivity index (χ3v) is 5.43. The molecule has 3 atom stereocenters. The van der Waals surface area contributed by atoms with Gasteiger partial charge in [-0.3, -0.25) is 0 Å². The van der Waals surface area contributed by atoms with Crippen LogP contribution in [0.15, 0.2) is 0 Å². The lowest BCUT2D eigenvalue weighted by Gasteiger charge is -2.47. The van der Waals surface area contributed by atoms with E-state index in [0.29, 0.717) is 5.92 Å². The molecular formula is C15H26N4. The lowest BCUT2D eigenvalue weighted by atomic mass is 9.83. The molecule has 0 radical (unpaired) electrons. The quantitative estimate of drug-likeness (QED) is 0.825. The van der Waals surface area contributed by atoms with E-state index in [9.17, 15) is 5.26 Å². The van der Waals surface area contributed by atoms with E-state index in [1.165, 1.54) is 25.8 Å². The number of nitrogens with two attached hydrogens (primary N) is 1. The second-order valence-electron chi connectivity index (χ2n) is 6.90. The van der Waals surface area contributed by atoms with Crippen molar-refractivity contribution >= 4 is 0 Å². The third kappa shape index (κ3) is 2.65. The Balaban J connectivity index is 1.60. The summed E-state index contributed by atoms with van der Waals surface area (Å²) < 4.78 is 0. The van der Waals surface area contributed by atoms with Gasteiger partial charge in [0.15, 0.2) is 0 Å². The number of likely N-dealkylation sites (tertiary alicyclic amines) is 2. The SMILES string of the molecule is CN1CCCC2CN(CC(N)(C#N)C3CC3)CCC21. The van der Waals surface area contributed by atoms with Crippen LogP contribution in [0.1, 0.15) is 32.1 Å². The van der Waals surface area contributed by atoms with Crippen LogP contribution in [0.25, 0.3) is 0 Å². The Kier molecular flexibility index (Phi) is 3.55. The van der Waals surface area contributed by atoms with Crippen LogP contribution in [0.4, 0.5) is 0 Å². The Hall–Kier alpha value is -0.630. The van der Waals surface area contributed by atoms with E-state index < -0.39 is 5.54 Å². The summed E-state index contributed by atoms with van der Waals surface area (Å²) in [6.45, 7) is 4.28. The van der Waals surface area contributed by atoms with Crippen molar-refractivity contribution in [2.75, 3.05) is 33.2 Å². The summed E-state index contributed by atoms with van der Waals surface area (Å²) in [6, 6.07) is 3.16. The van der Waals surface area contributed by atoms with Crippen LogP contribution in [0.2, 0.25) is 0 Å². The van der Waals surface area contributed by atoms with Crippen molar-refractivity contribution in [3.63, 3.8) is 0 Å². The predicted molar refractivity (Wildman–Crippen MR) is 75.5 cm³/mol. The van der Waals surface area contributed by atoms with Gasteiger partial charge in [0.05, 0.1) is 6.07 Å². The first-order valence-corrected chi connectivity index (χ1v) is 7.75. The molecule has 0 aromatic heterocycles. The minimum atomic E-state index is -0.590. The highest BCUT2D eigenvalue weighted by molar-refractivity contribution is 5.15. The predicted octanol–water partition coefficient (Wildman–Crippen LogP) is 1.03. The van der Waals surface area contributed by atoms with Gasteiger partial charge in [0.1, 0.15) is 5.54 Å². The summed E-state index contributed by atoms with van der Waals surface area (Å²) in [6.07, 6.45) is 6.20. The molecule has 19 heavy (non-hydrogen) atoms. The molecule has 106 valence electrons. The Labute approximate surface area is 116 Å². The van der Waals surface area contributed by atoms with Crippen LogP contribution in [0.3, 0.4) is 0 Å². The number of nitrogens with zero attached hydrogens (tertiary/aromatic N) is 3. The molecule has 0 aromatic carbocycles. The van der Waals surface area contributed by atoms with Gasteiger partial charge in [-0.2, -0.15) is 5.26 Å². The van der Waals surface area contributed by atoms with Crippen LogP contribution < -0.4 is 5.73 Å². The van der Waals surface area contributed by atoms with Gasteiger partial charge in [-0.1, -0.05) is 0 Å². The number of piperidine rings is 2.